The molecule has 2 aromatic heterocycles. The van der Waals surface area contributed by atoms with Crippen molar-refractivity contribution in [3.63, 3.8) is 0 Å². The van der Waals surface area contributed by atoms with Gasteiger partial charge in [0.05, 0.1) is 18.0 Å². The van der Waals surface area contributed by atoms with Crippen molar-refractivity contribution in [2.75, 3.05) is 6.54 Å². The first-order chi connectivity index (χ1) is 9.88. The van der Waals surface area contributed by atoms with Crippen LogP contribution >= 0.6 is 0 Å². The summed E-state index contributed by atoms with van der Waals surface area (Å²) in [6.45, 7) is 3.06. The molecular weight excluding hydrogens is 248 g/mol. The smallest absolute Gasteiger partial charge is 0.0935 e. The fraction of sp³-hybridized carbons (Fsp3) is 0.235. The second-order valence-corrected chi connectivity index (χ2v) is 4.86. The lowest BCUT2D eigenvalue weighted by Gasteiger charge is -2.19. The number of nitrogens with one attached hydrogen (secondary N) is 1. The molecule has 102 valence electrons. The number of hydrogen-bond donors (Lipinski definition) is 1. The first kappa shape index (κ1) is 12.9. The lowest BCUT2D eigenvalue weighted by atomic mass is 9.97. The molecule has 3 rings (SSSR count). The summed E-state index contributed by atoms with van der Waals surface area (Å²) in [5, 5.41) is 4.77. The van der Waals surface area contributed by atoms with Crippen LogP contribution in [0.4, 0.5) is 0 Å². The Morgan fingerprint density at radius 3 is 2.90 bits per heavy atom. The van der Waals surface area contributed by atoms with Gasteiger partial charge in [-0.05, 0) is 42.3 Å². The van der Waals surface area contributed by atoms with E-state index in [9.17, 15) is 0 Å². The van der Waals surface area contributed by atoms with Crippen molar-refractivity contribution in [1.29, 1.82) is 0 Å². The van der Waals surface area contributed by atoms with Crippen molar-refractivity contribution in [3.05, 3.63) is 66.2 Å². The third kappa shape index (κ3) is 2.58. The molecule has 3 heteroatoms. The minimum atomic E-state index is 0.269. The normalized spacial score (nSPS) is 12.7. The molecule has 0 amide bonds. The molecule has 0 saturated carbocycles. The molecule has 0 fully saturated rings. The molecule has 0 saturated heterocycles. The van der Waals surface area contributed by atoms with Gasteiger partial charge in [0, 0.05) is 17.6 Å². The van der Waals surface area contributed by atoms with E-state index >= 15 is 0 Å². The van der Waals surface area contributed by atoms with E-state index < -0.39 is 0 Å². The zero-order chi connectivity index (χ0) is 13.8. The Morgan fingerprint density at radius 2 is 2.10 bits per heavy atom. The maximum Gasteiger partial charge on any atom is 0.0935 e. The molecule has 0 spiro atoms. The Hall–Kier alpha value is -2.13. The van der Waals surface area contributed by atoms with Crippen LogP contribution in [0.5, 0.6) is 0 Å². The Balaban J connectivity index is 2.00. The number of pyridine rings is 1. The van der Waals surface area contributed by atoms with Crippen LogP contribution in [0.3, 0.4) is 0 Å². The Bertz CT molecular complexity index is 671. The van der Waals surface area contributed by atoms with Gasteiger partial charge in [-0.2, -0.15) is 0 Å². The lowest BCUT2D eigenvalue weighted by Crippen LogP contribution is -2.23. The van der Waals surface area contributed by atoms with E-state index in [0.29, 0.717) is 0 Å². The number of para-hydroxylation sites is 1. The van der Waals surface area contributed by atoms with E-state index in [2.05, 4.69) is 41.5 Å². The van der Waals surface area contributed by atoms with Crippen molar-refractivity contribution >= 4 is 10.9 Å². The van der Waals surface area contributed by atoms with Gasteiger partial charge < -0.3 is 9.73 Å². The monoisotopic (exact) mass is 266 g/mol. The topological polar surface area (TPSA) is 38.1 Å². The number of nitrogens with zero attached hydrogens (tertiary/aromatic N) is 1. The van der Waals surface area contributed by atoms with Crippen molar-refractivity contribution in [3.8, 4) is 0 Å². The van der Waals surface area contributed by atoms with E-state index in [1.54, 1.807) is 6.26 Å². The lowest BCUT2D eigenvalue weighted by molar-refractivity contribution is 0.537. The molecule has 3 nitrogen and oxygen atoms in total. The second-order valence-electron chi connectivity index (χ2n) is 4.86. The standard InChI is InChI=1S/C17H18N2O/c1-2-18-17(11-13-8-10-20-12-13)15-7-9-19-16-6-4-3-5-14(15)16/h3-10,12,17-18H,2,11H2,1H3. The molecule has 20 heavy (non-hydrogen) atoms. The molecule has 0 aliphatic carbocycles. The summed E-state index contributed by atoms with van der Waals surface area (Å²) in [5.74, 6) is 0. The van der Waals surface area contributed by atoms with E-state index in [-0.39, 0.29) is 6.04 Å². The zero-order valence-electron chi connectivity index (χ0n) is 11.5. The van der Waals surface area contributed by atoms with E-state index in [1.165, 1.54) is 16.5 Å². The number of likely N-dealkylation sites (N-methyl/N-ethyl adjacent to an activating group) is 1. The molecule has 1 N–H and O–H groups in total. The molecule has 1 atom stereocenters. The molecule has 0 bridgehead atoms. The van der Waals surface area contributed by atoms with Crippen molar-refractivity contribution in [2.45, 2.75) is 19.4 Å². The first-order valence-electron chi connectivity index (χ1n) is 6.96. The summed E-state index contributed by atoms with van der Waals surface area (Å²) < 4.78 is 5.18. The highest BCUT2D eigenvalue weighted by Gasteiger charge is 2.14. The Morgan fingerprint density at radius 1 is 1.20 bits per heavy atom. The molecule has 1 unspecified atom stereocenters. The average molecular weight is 266 g/mol. The van der Waals surface area contributed by atoms with Crippen LogP contribution in [0.15, 0.2) is 59.5 Å². The fourth-order valence-electron chi connectivity index (χ4n) is 2.60. The van der Waals surface area contributed by atoms with Crippen LogP contribution in [0.2, 0.25) is 0 Å². The molecular formula is C17H18N2O. The minimum Gasteiger partial charge on any atom is -0.472 e. The van der Waals surface area contributed by atoms with Crippen molar-refractivity contribution < 1.29 is 4.42 Å². The molecule has 2 heterocycles. The van der Waals surface area contributed by atoms with Gasteiger partial charge in [-0.3, -0.25) is 4.98 Å². The predicted octanol–water partition coefficient (Wildman–Crippen LogP) is 3.72. The second kappa shape index (κ2) is 5.88. The van der Waals surface area contributed by atoms with Crippen molar-refractivity contribution in [2.24, 2.45) is 0 Å². The summed E-state index contributed by atoms with van der Waals surface area (Å²) in [7, 11) is 0. The Labute approximate surface area is 118 Å². The maximum atomic E-state index is 5.18. The fourth-order valence-corrected chi connectivity index (χ4v) is 2.60. The first-order valence-corrected chi connectivity index (χ1v) is 6.96. The quantitative estimate of drug-likeness (QED) is 0.764. The highest BCUT2D eigenvalue weighted by Crippen LogP contribution is 2.25. The average Bonchev–Trinajstić information content (AvgIpc) is 2.99. The molecule has 0 radical (unpaired) electrons. The SMILES string of the molecule is CCNC(Cc1ccoc1)c1ccnc2ccccc12. The minimum absolute atomic E-state index is 0.269. The van der Waals surface area contributed by atoms with Crippen molar-refractivity contribution in [1.82, 2.24) is 10.3 Å². The number of fused-ring (bicyclic) bond motifs is 1. The third-order valence-electron chi connectivity index (χ3n) is 3.53. The number of furan rings is 1. The van der Waals surface area contributed by atoms with Crippen LogP contribution in [0.1, 0.15) is 24.1 Å². The van der Waals surface area contributed by atoms with Gasteiger partial charge in [0.25, 0.3) is 0 Å². The maximum absolute atomic E-state index is 5.18. The highest BCUT2D eigenvalue weighted by molar-refractivity contribution is 5.82. The van der Waals surface area contributed by atoms with Gasteiger partial charge in [-0.1, -0.05) is 25.1 Å². The molecule has 3 aromatic rings. The van der Waals surface area contributed by atoms with Gasteiger partial charge in [-0.15, -0.1) is 0 Å². The van der Waals surface area contributed by atoms with Crippen LogP contribution in [-0.2, 0) is 6.42 Å². The largest absolute Gasteiger partial charge is 0.472 e. The molecule has 0 aliphatic heterocycles. The number of benzene rings is 1. The number of hydrogen-bond acceptors (Lipinski definition) is 3. The molecule has 0 aliphatic rings. The highest BCUT2D eigenvalue weighted by atomic mass is 16.3. The van der Waals surface area contributed by atoms with Gasteiger partial charge in [0.1, 0.15) is 0 Å². The third-order valence-corrected chi connectivity index (χ3v) is 3.53. The van der Waals surface area contributed by atoms with Gasteiger partial charge in [0.15, 0.2) is 0 Å². The summed E-state index contributed by atoms with van der Waals surface area (Å²) in [4.78, 5) is 4.44. The van der Waals surface area contributed by atoms with E-state index in [4.69, 9.17) is 4.42 Å². The van der Waals surface area contributed by atoms with E-state index in [1.807, 2.05) is 24.6 Å². The van der Waals surface area contributed by atoms with Crippen LogP contribution in [0, 0.1) is 0 Å². The van der Waals surface area contributed by atoms with Crippen LogP contribution in [-0.4, -0.2) is 11.5 Å². The van der Waals surface area contributed by atoms with Gasteiger partial charge in [-0.25, -0.2) is 0 Å². The van der Waals surface area contributed by atoms with Crippen LogP contribution < -0.4 is 5.32 Å². The summed E-state index contributed by atoms with van der Waals surface area (Å²) in [6.07, 6.45) is 6.34. The van der Waals surface area contributed by atoms with Gasteiger partial charge in [0.2, 0.25) is 0 Å². The predicted molar refractivity (Wildman–Crippen MR) is 80.6 cm³/mol. The summed E-state index contributed by atoms with van der Waals surface area (Å²) >= 11 is 0. The van der Waals surface area contributed by atoms with Gasteiger partial charge >= 0.3 is 0 Å². The summed E-state index contributed by atoms with van der Waals surface area (Å²) in [6, 6.07) is 12.7. The number of aromatic nitrogens is 1. The zero-order valence-corrected chi connectivity index (χ0v) is 11.5. The van der Waals surface area contributed by atoms with E-state index in [0.717, 1.165) is 18.5 Å². The summed E-state index contributed by atoms with van der Waals surface area (Å²) in [5.41, 5.74) is 3.54. The number of rotatable bonds is 5. The molecule has 1 aromatic carbocycles. The Kier molecular flexibility index (Phi) is 3.79. The van der Waals surface area contributed by atoms with Crippen LogP contribution in [0.25, 0.3) is 10.9 Å².